The molecular weight excluding hydrogens is 546 g/mol. The van der Waals surface area contributed by atoms with E-state index >= 15 is 0 Å². The van der Waals surface area contributed by atoms with Gasteiger partial charge in [0.1, 0.15) is 17.3 Å². The molecule has 0 unspecified atom stereocenters. The van der Waals surface area contributed by atoms with Gasteiger partial charge in [-0.05, 0) is 42.5 Å². The summed E-state index contributed by atoms with van der Waals surface area (Å²) >= 11 is 1.47. The SMILES string of the molecule is CC(C)(C)c1nn(-c2nc3c(s2)C=CCC3)c(N=Nc2c(O)c(C(=O)Nc3ccccc3)cc3ccccc23)c1C#N. The van der Waals surface area contributed by atoms with Crippen molar-refractivity contribution in [1.82, 2.24) is 14.8 Å². The lowest BCUT2D eigenvalue weighted by molar-refractivity contribution is 0.102. The lowest BCUT2D eigenvalue weighted by Crippen LogP contribution is -2.14. The van der Waals surface area contributed by atoms with E-state index in [9.17, 15) is 15.2 Å². The van der Waals surface area contributed by atoms with Gasteiger partial charge in [0.2, 0.25) is 5.13 Å². The number of aryl methyl sites for hydroxylation is 1. The van der Waals surface area contributed by atoms with E-state index < -0.39 is 11.3 Å². The molecule has 0 radical (unpaired) electrons. The van der Waals surface area contributed by atoms with E-state index in [1.165, 1.54) is 11.3 Å². The molecular formula is C32H27N7O2S. The number of benzene rings is 3. The van der Waals surface area contributed by atoms with E-state index in [1.807, 2.05) is 57.2 Å². The molecule has 5 aromatic rings. The number of fused-ring (bicyclic) bond motifs is 2. The Morgan fingerprint density at radius 1 is 1.12 bits per heavy atom. The molecule has 1 aliphatic carbocycles. The van der Waals surface area contributed by atoms with Crippen molar-refractivity contribution in [2.75, 3.05) is 5.32 Å². The zero-order chi connectivity index (χ0) is 29.4. The highest BCUT2D eigenvalue weighted by molar-refractivity contribution is 7.15. The summed E-state index contributed by atoms with van der Waals surface area (Å²) in [6.07, 6.45) is 5.91. The lowest BCUT2D eigenvalue weighted by Gasteiger charge is -2.14. The summed E-state index contributed by atoms with van der Waals surface area (Å²) in [5.41, 5.74) is 2.12. The summed E-state index contributed by atoms with van der Waals surface area (Å²) < 4.78 is 1.56. The second-order valence-corrected chi connectivity index (χ2v) is 11.9. The fraction of sp³-hybridized carbons (Fsp3) is 0.188. The van der Waals surface area contributed by atoms with Crippen LogP contribution in [0.1, 0.15) is 59.4 Å². The molecule has 9 nitrogen and oxygen atoms in total. The predicted molar refractivity (Wildman–Crippen MR) is 164 cm³/mol. The number of aromatic nitrogens is 3. The van der Waals surface area contributed by atoms with Gasteiger partial charge >= 0.3 is 0 Å². The fourth-order valence-corrected chi connectivity index (χ4v) is 5.83. The van der Waals surface area contributed by atoms with Crippen LogP contribution >= 0.6 is 11.3 Å². The number of anilines is 1. The number of para-hydroxylation sites is 1. The van der Waals surface area contributed by atoms with E-state index in [-0.39, 0.29) is 28.4 Å². The van der Waals surface area contributed by atoms with Gasteiger partial charge in [0.05, 0.1) is 21.8 Å². The van der Waals surface area contributed by atoms with E-state index in [0.29, 0.717) is 27.3 Å². The van der Waals surface area contributed by atoms with Crippen LogP contribution in [0.15, 0.2) is 77.0 Å². The van der Waals surface area contributed by atoms with Gasteiger partial charge in [-0.15, -0.1) is 10.2 Å². The highest BCUT2D eigenvalue weighted by Crippen LogP contribution is 2.41. The smallest absolute Gasteiger partial charge is 0.259 e. The molecule has 1 aliphatic rings. The molecule has 0 saturated carbocycles. The van der Waals surface area contributed by atoms with Crippen LogP contribution in [0.3, 0.4) is 0 Å². The number of rotatable bonds is 5. The third kappa shape index (κ3) is 4.95. The number of azo groups is 1. The Morgan fingerprint density at radius 3 is 2.62 bits per heavy atom. The predicted octanol–water partition coefficient (Wildman–Crippen LogP) is 7.98. The number of aromatic hydroxyl groups is 1. The van der Waals surface area contributed by atoms with Crippen LogP contribution < -0.4 is 5.32 Å². The number of amides is 1. The summed E-state index contributed by atoms with van der Waals surface area (Å²) in [4.78, 5) is 19.1. The van der Waals surface area contributed by atoms with Crippen molar-refractivity contribution >= 4 is 51.3 Å². The minimum atomic E-state index is -0.486. The van der Waals surface area contributed by atoms with Gasteiger partial charge in [0, 0.05) is 16.5 Å². The Kier molecular flexibility index (Phi) is 6.88. The molecule has 10 heteroatoms. The molecule has 208 valence electrons. The molecule has 2 aromatic heterocycles. The van der Waals surface area contributed by atoms with Crippen molar-refractivity contribution in [3.8, 4) is 17.0 Å². The van der Waals surface area contributed by atoms with Crippen LogP contribution in [0.2, 0.25) is 0 Å². The molecule has 0 aliphatic heterocycles. The largest absolute Gasteiger partial charge is 0.505 e. The molecule has 6 rings (SSSR count). The maximum Gasteiger partial charge on any atom is 0.259 e. The van der Waals surface area contributed by atoms with Crippen molar-refractivity contribution in [2.45, 2.75) is 39.0 Å². The number of nitrogens with zero attached hydrogens (tertiary/aromatic N) is 6. The Bertz CT molecular complexity index is 1940. The van der Waals surface area contributed by atoms with Crippen LogP contribution in [-0.2, 0) is 11.8 Å². The number of phenolic OH excluding ortho intramolecular Hbond substituents is 1. The van der Waals surface area contributed by atoms with Gasteiger partial charge in [-0.3, -0.25) is 4.79 Å². The number of phenols is 1. The minimum Gasteiger partial charge on any atom is -0.505 e. The van der Waals surface area contributed by atoms with Gasteiger partial charge in [-0.25, -0.2) is 4.98 Å². The summed E-state index contributed by atoms with van der Waals surface area (Å²) in [5, 5.41) is 40.1. The lowest BCUT2D eigenvalue weighted by atomic mass is 9.90. The Labute approximate surface area is 246 Å². The number of thiazole rings is 1. The second-order valence-electron chi connectivity index (χ2n) is 10.9. The zero-order valence-corrected chi connectivity index (χ0v) is 24.1. The van der Waals surface area contributed by atoms with E-state index in [0.717, 1.165) is 23.4 Å². The van der Waals surface area contributed by atoms with E-state index in [4.69, 9.17) is 10.1 Å². The topological polar surface area (TPSA) is 129 Å². The average Bonchev–Trinajstić information content (AvgIpc) is 3.58. The zero-order valence-electron chi connectivity index (χ0n) is 23.3. The standard InChI is InChI=1S/C32H27N7O2S/c1-32(2,3)28-23(18-33)29(39(38-28)31-35-24-15-9-10-16-25(24)42-31)37-36-26-21-14-8-7-11-19(21)17-22(27(26)40)30(41)34-20-12-5-4-6-13-20/h4-8,10-14,16-17,40H,9,15H2,1-3H3,(H,34,41). The third-order valence-corrected chi connectivity index (χ3v) is 7.95. The maximum absolute atomic E-state index is 13.2. The number of carbonyl (C=O) groups excluding carboxylic acids is 1. The second kappa shape index (κ2) is 10.7. The van der Waals surface area contributed by atoms with Crippen LogP contribution in [0.5, 0.6) is 5.75 Å². The first kappa shape index (κ1) is 27.1. The number of hydrogen-bond donors (Lipinski definition) is 2. The molecule has 3 aromatic carbocycles. The highest BCUT2D eigenvalue weighted by Gasteiger charge is 2.29. The van der Waals surface area contributed by atoms with Gasteiger partial charge in [0.15, 0.2) is 11.6 Å². The molecule has 42 heavy (non-hydrogen) atoms. The molecule has 0 fully saturated rings. The molecule has 1 amide bonds. The van der Waals surface area contributed by atoms with Crippen LogP contribution in [0, 0.1) is 11.3 Å². The summed E-state index contributed by atoms with van der Waals surface area (Å²) in [7, 11) is 0. The van der Waals surface area contributed by atoms with Gasteiger partial charge in [-0.1, -0.05) is 80.6 Å². The number of hydrogen-bond acceptors (Lipinski definition) is 8. The number of allylic oxidation sites excluding steroid dienone is 1. The van der Waals surface area contributed by atoms with Crippen molar-refractivity contribution in [1.29, 1.82) is 5.26 Å². The molecule has 2 heterocycles. The quantitative estimate of drug-likeness (QED) is 0.206. The van der Waals surface area contributed by atoms with Crippen molar-refractivity contribution in [3.63, 3.8) is 0 Å². The van der Waals surface area contributed by atoms with Crippen LogP contribution in [0.25, 0.3) is 22.0 Å². The van der Waals surface area contributed by atoms with Crippen LogP contribution in [0.4, 0.5) is 17.2 Å². The monoisotopic (exact) mass is 573 g/mol. The summed E-state index contributed by atoms with van der Waals surface area (Å²) in [5.74, 6) is -0.596. The number of carbonyl (C=O) groups is 1. The Balaban J connectivity index is 1.50. The maximum atomic E-state index is 13.2. The Morgan fingerprint density at radius 2 is 1.88 bits per heavy atom. The first-order valence-corrected chi connectivity index (χ1v) is 14.3. The highest BCUT2D eigenvalue weighted by atomic mass is 32.1. The molecule has 0 spiro atoms. The van der Waals surface area contributed by atoms with Gasteiger partial charge in [-0.2, -0.15) is 15.0 Å². The first-order chi connectivity index (χ1) is 20.2. The van der Waals surface area contributed by atoms with Crippen molar-refractivity contribution in [3.05, 3.63) is 94.1 Å². The third-order valence-electron chi connectivity index (χ3n) is 6.91. The van der Waals surface area contributed by atoms with Crippen LogP contribution in [-0.4, -0.2) is 25.8 Å². The van der Waals surface area contributed by atoms with Crippen molar-refractivity contribution in [2.24, 2.45) is 10.2 Å². The fourth-order valence-electron chi connectivity index (χ4n) is 4.83. The molecule has 0 bridgehead atoms. The average molecular weight is 574 g/mol. The molecule has 0 atom stereocenters. The Hall–Kier alpha value is -5.14. The summed E-state index contributed by atoms with van der Waals surface area (Å²) in [6, 6.07) is 20.2. The molecule has 0 saturated heterocycles. The minimum absolute atomic E-state index is 0.0512. The van der Waals surface area contributed by atoms with Gasteiger partial charge in [0.25, 0.3) is 5.91 Å². The molecule has 2 N–H and O–H groups in total. The van der Waals surface area contributed by atoms with Crippen molar-refractivity contribution < 1.29 is 9.90 Å². The van der Waals surface area contributed by atoms with Gasteiger partial charge < -0.3 is 10.4 Å². The number of nitrogens with one attached hydrogen (secondary N) is 1. The normalized spacial score (nSPS) is 12.9. The van der Waals surface area contributed by atoms with E-state index in [2.05, 4.69) is 33.8 Å². The number of nitriles is 1. The van der Waals surface area contributed by atoms with E-state index in [1.54, 1.807) is 28.9 Å². The summed E-state index contributed by atoms with van der Waals surface area (Å²) in [6.45, 7) is 5.93. The first-order valence-electron chi connectivity index (χ1n) is 13.5.